The van der Waals surface area contributed by atoms with Crippen molar-refractivity contribution < 1.29 is 10.2 Å². The summed E-state index contributed by atoms with van der Waals surface area (Å²) in [5.41, 5.74) is 4.81. The van der Waals surface area contributed by atoms with E-state index in [1.54, 1.807) is 0 Å². The molecule has 2 N–H and O–H groups in total. The van der Waals surface area contributed by atoms with E-state index in [4.69, 9.17) is 10.2 Å². The van der Waals surface area contributed by atoms with Crippen LogP contribution >= 0.6 is 0 Å². The number of hydrogen-bond acceptors (Lipinski definition) is 2. The molecule has 1 rings (SSSR count). The molecule has 2 heteroatoms. The van der Waals surface area contributed by atoms with E-state index in [-0.39, 0.29) is 13.2 Å². The number of rotatable bonds is 4. The summed E-state index contributed by atoms with van der Waals surface area (Å²) in [6.07, 6.45) is 1.43. The molecule has 0 atom stereocenters. The van der Waals surface area contributed by atoms with Gasteiger partial charge in [0.1, 0.15) is 0 Å². The van der Waals surface area contributed by atoms with E-state index in [9.17, 15) is 0 Å². The Balaban J connectivity index is 0.00000106. The SMILES string of the molecule is CC.Cc1cc(CCO)c(C)cc1CCO. The second kappa shape index (κ2) is 8.31. The molecular weight excluding hydrogens is 200 g/mol. The van der Waals surface area contributed by atoms with Crippen LogP contribution in [0, 0.1) is 13.8 Å². The topological polar surface area (TPSA) is 40.5 Å². The number of benzene rings is 1. The van der Waals surface area contributed by atoms with Gasteiger partial charge in [0.2, 0.25) is 0 Å². The monoisotopic (exact) mass is 224 g/mol. The fourth-order valence-electron chi connectivity index (χ4n) is 1.72. The molecule has 0 radical (unpaired) electrons. The first-order chi connectivity index (χ1) is 7.69. The highest BCUT2D eigenvalue weighted by atomic mass is 16.3. The van der Waals surface area contributed by atoms with Crippen molar-refractivity contribution in [1.29, 1.82) is 0 Å². The predicted octanol–water partition coefficient (Wildman–Crippen LogP) is 2.40. The molecule has 0 aliphatic rings. The van der Waals surface area contributed by atoms with Gasteiger partial charge in [-0.05, 0) is 48.9 Å². The third kappa shape index (κ3) is 4.33. The van der Waals surface area contributed by atoms with Crippen LogP contribution in [0.15, 0.2) is 12.1 Å². The lowest BCUT2D eigenvalue weighted by Gasteiger charge is -2.10. The minimum Gasteiger partial charge on any atom is -0.396 e. The highest BCUT2D eigenvalue weighted by Crippen LogP contribution is 2.16. The van der Waals surface area contributed by atoms with Crippen molar-refractivity contribution in [2.45, 2.75) is 40.5 Å². The Morgan fingerprint density at radius 3 is 1.38 bits per heavy atom. The zero-order valence-electron chi connectivity index (χ0n) is 10.9. The Morgan fingerprint density at radius 1 is 0.812 bits per heavy atom. The van der Waals surface area contributed by atoms with Gasteiger partial charge in [-0.1, -0.05) is 26.0 Å². The van der Waals surface area contributed by atoms with Gasteiger partial charge in [-0.15, -0.1) is 0 Å². The van der Waals surface area contributed by atoms with E-state index in [1.165, 1.54) is 22.3 Å². The van der Waals surface area contributed by atoms with Crippen molar-refractivity contribution in [3.63, 3.8) is 0 Å². The minimum atomic E-state index is 0.194. The normalized spacial score (nSPS) is 9.62. The van der Waals surface area contributed by atoms with Gasteiger partial charge >= 0.3 is 0 Å². The standard InChI is InChI=1S/C12H18O2.C2H6/c1-9-7-12(4-6-14)10(2)8-11(9)3-5-13;1-2/h7-8,13-14H,3-6H2,1-2H3;1-2H3. The Kier molecular flexibility index (Phi) is 7.86. The molecule has 16 heavy (non-hydrogen) atoms. The summed E-state index contributed by atoms with van der Waals surface area (Å²) in [6.45, 7) is 8.48. The van der Waals surface area contributed by atoms with Gasteiger partial charge in [-0.25, -0.2) is 0 Å². The Hall–Kier alpha value is -0.860. The van der Waals surface area contributed by atoms with Crippen molar-refractivity contribution in [3.8, 4) is 0 Å². The smallest absolute Gasteiger partial charge is 0.0471 e. The van der Waals surface area contributed by atoms with Gasteiger partial charge in [-0.2, -0.15) is 0 Å². The van der Waals surface area contributed by atoms with Gasteiger partial charge in [-0.3, -0.25) is 0 Å². The molecule has 2 nitrogen and oxygen atoms in total. The first kappa shape index (κ1) is 15.1. The van der Waals surface area contributed by atoms with Crippen molar-refractivity contribution in [1.82, 2.24) is 0 Å². The second-order valence-corrected chi connectivity index (χ2v) is 3.65. The van der Waals surface area contributed by atoms with Crippen LogP contribution in [0.5, 0.6) is 0 Å². The van der Waals surface area contributed by atoms with Crippen LogP contribution < -0.4 is 0 Å². The lowest BCUT2D eigenvalue weighted by atomic mass is 9.97. The molecule has 0 aliphatic carbocycles. The van der Waals surface area contributed by atoms with E-state index in [1.807, 2.05) is 27.7 Å². The van der Waals surface area contributed by atoms with Crippen LogP contribution in [0.3, 0.4) is 0 Å². The lowest BCUT2D eigenvalue weighted by Crippen LogP contribution is -2.00. The van der Waals surface area contributed by atoms with Gasteiger partial charge in [0, 0.05) is 13.2 Å². The zero-order chi connectivity index (χ0) is 12.6. The lowest BCUT2D eigenvalue weighted by molar-refractivity contribution is 0.298. The van der Waals surface area contributed by atoms with Crippen LogP contribution in [0.4, 0.5) is 0 Å². The maximum absolute atomic E-state index is 8.87. The van der Waals surface area contributed by atoms with Gasteiger partial charge in [0.25, 0.3) is 0 Å². The van der Waals surface area contributed by atoms with Crippen LogP contribution in [-0.4, -0.2) is 23.4 Å². The minimum absolute atomic E-state index is 0.194. The summed E-state index contributed by atoms with van der Waals surface area (Å²) in [6, 6.07) is 4.22. The van der Waals surface area contributed by atoms with E-state index >= 15 is 0 Å². The predicted molar refractivity (Wildman–Crippen MR) is 68.8 cm³/mol. The maximum Gasteiger partial charge on any atom is 0.0471 e. The van der Waals surface area contributed by atoms with E-state index in [0.717, 1.165) is 0 Å². The third-order valence-electron chi connectivity index (χ3n) is 2.56. The van der Waals surface area contributed by atoms with Crippen LogP contribution in [0.1, 0.15) is 36.1 Å². The maximum atomic E-state index is 8.87. The first-order valence-electron chi connectivity index (χ1n) is 5.99. The molecule has 0 saturated heterocycles. The number of hydrogen-bond donors (Lipinski definition) is 2. The van der Waals surface area contributed by atoms with Gasteiger partial charge < -0.3 is 10.2 Å². The molecule has 0 spiro atoms. The fraction of sp³-hybridized carbons (Fsp3) is 0.571. The molecule has 0 unspecified atom stereocenters. The molecule has 1 aromatic carbocycles. The van der Waals surface area contributed by atoms with E-state index < -0.39 is 0 Å². The molecule has 92 valence electrons. The summed E-state index contributed by atoms with van der Waals surface area (Å²) in [7, 11) is 0. The van der Waals surface area contributed by atoms with Gasteiger partial charge in [0.15, 0.2) is 0 Å². The summed E-state index contributed by atoms with van der Waals surface area (Å²) < 4.78 is 0. The zero-order valence-corrected chi connectivity index (χ0v) is 10.9. The van der Waals surface area contributed by atoms with Gasteiger partial charge in [0.05, 0.1) is 0 Å². The third-order valence-corrected chi connectivity index (χ3v) is 2.56. The van der Waals surface area contributed by atoms with Crippen molar-refractivity contribution in [2.24, 2.45) is 0 Å². The fourth-order valence-corrected chi connectivity index (χ4v) is 1.72. The largest absolute Gasteiger partial charge is 0.396 e. The first-order valence-corrected chi connectivity index (χ1v) is 5.99. The van der Waals surface area contributed by atoms with E-state index in [0.29, 0.717) is 12.8 Å². The van der Waals surface area contributed by atoms with Crippen LogP contribution in [0.2, 0.25) is 0 Å². The van der Waals surface area contributed by atoms with Crippen molar-refractivity contribution in [3.05, 3.63) is 34.4 Å². The number of aliphatic hydroxyl groups excluding tert-OH is 2. The van der Waals surface area contributed by atoms with Crippen molar-refractivity contribution >= 4 is 0 Å². The molecule has 0 bridgehead atoms. The molecule has 0 fully saturated rings. The van der Waals surface area contributed by atoms with Crippen molar-refractivity contribution in [2.75, 3.05) is 13.2 Å². The molecule has 0 saturated carbocycles. The number of aryl methyl sites for hydroxylation is 2. The summed E-state index contributed by atoms with van der Waals surface area (Å²) in [5, 5.41) is 17.7. The average molecular weight is 224 g/mol. The molecule has 0 amide bonds. The summed E-state index contributed by atoms with van der Waals surface area (Å²) >= 11 is 0. The average Bonchev–Trinajstić information content (AvgIpc) is 2.29. The Morgan fingerprint density at radius 2 is 1.12 bits per heavy atom. The highest BCUT2D eigenvalue weighted by molar-refractivity contribution is 5.37. The van der Waals surface area contributed by atoms with E-state index in [2.05, 4.69) is 12.1 Å². The Labute approximate surface area is 98.9 Å². The molecule has 1 aromatic rings. The number of aliphatic hydroxyl groups is 2. The van der Waals surface area contributed by atoms with Crippen LogP contribution in [0.25, 0.3) is 0 Å². The summed E-state index contributed by atoms with van der Waals surface area (Å²) in [5.74, 6) is 0. The molecular formula is C14H24O2. The van der Waals surface area contributed by atoms with Crippen LogP contribution in [-0.2, 0) is 12.8 Å². The highest BCUT2D eigenvalue weighted by Gasteiger charge is 2.03. The molecule has 0 heterocycles. The second-order valence-electron chi connectivity index (χ2n) is 3.65. The quantitative estimate of drug-likeness (QED) is 0.824. The molecule has 0 aromatic heterocycles. The molecule has 0 aliphatic heterocycles. The Bertz CT molecular complexity index is 274. The summed E-state index contributed by atoms with van der Waals surface area (Å²) in [4.78, 5) is 0.